The van der Waals surface area contributed by atoms with Gasteiger partial charge in [-0.3, -0.25) is 4.79 Å². The molecule has 2 atom stereocenters. The molecule has 1 aliphatic carbocycles. The van der Waals surface area contributed by atoms with Crippen molar-refractivity contribution >= 4 is 34.4 Å². The first kappa shape index (κ1) is 20.1. The van der Waals surface area contributed by atoms with Gasteiger partial charge in [0, 0.05) is 43.9 Å². The standard InChI is InChI=1S/C23H25NO3S2/c1-4-15-8-9-19(29-15)22-20(23(26)27-5-2)13(3)24-16-11-14(12-17(25)21(16)22)18-7-6-10-28-18/h6-10,14,22,24H,4-5,11-12H2,1-3H3/t14-,22+/m0/s1. The van der Waals surface area contributed by atoms with Crippen molar-refractivity contribution in [1.29, 1.82) is 0 Å². The molecule has 2 aromatic heterocycles. The van der Waals surface area contributed by atoms with Gasteiger partial charge >= 0.3 is 5.97 Å². The zero-order valence-corrected chi connectivity index (χ0v) is 18.5. The Kier molecular flexibility index (Phi) is 5.74. The maximum Gasteiger partial charge on any atom is 0.336 e. The van der Waals surface area contributed by atoms with Crippen molar-refractivity contribution in [3.05, 3.63) is 66.8 Å². The van der Waals surface area contributed by atoms with E-state index in [4.69, 9.17) is 4.74 Å². The molecule has 1 aliphatic heterocycles. The zero-order chi connectivity index (χ0) is 20.5. The number of ether oxygens (including phenoxy) is 1. The van der Waals surface area contributed by atoms with Crippen LogP contribution in [0.4, 0.5) is 0 Å². The van der Waals surface area contributed by atoms with E-state index in [-0.39, 0.29) is 23.6 Å². The van der Waals surface area contributed by atoms with Gasteiger partial charge in [-0.1, -0.05) is 13.0 Å². The Morgan fingerprint density at radius 3 is 2.69 bits per heavy atom. The average Bonchev–Trinajstić information content (AvgIpc) is 3.38. The second-order valence-corrected chi connectivity index (χ2v) is 9.59. The number of ketones is 1. The van der Waals surface area contributed by atoms with Crippen molar-refractivity contribution in [1.82, 2.24) is 5.32 Å². The van der Waals surface area contributed by atoms with Crippen LogP contribution in [0.1, 0.15) is 60.1 Å². The Bertz CT molecular complexity index is 997. The first-order chi connectivity index (χ1) is 14.0. The molecule has 6 heteroatoms. The van der Waals surface area contributed by atoms with Gasteiger partial charge < -0.3 is 10.1 Å². The van der Waals surface area contributed by atoms with E-state index in [0.717, 1.165) is 34.7 Å². The van der Waals surface area contributed by atoms with Gasteiger partial charge in [-0.15, -0.1) is 22.7 Å². The van der Waals surface area contributed by atoms with Gasteiger partial charge in [0.25, 0.3) is 0 Å². The maximum absolute atomic E-state index is 13.4. The Balaban J connectivity index is 1.79. The molecule has 0 saturated heterocycles. The zero-order valence-electron chi connectivity index (χ0n) is 16.9. The lowest BCUT2D eigenvalue weighted by Crippen LogP contribution is -2.35. The van der Waals surface area contributed by atoms with Crippen LogP contribution >= 0.6 is 22.7 Å². The number of allylic oxidation sites excluding steroid dienone is 3. The normalized spacial score (nSPS) is 21.8. The van der Waals surface area contributed by atoms with Crippen molar-refractivity contribution in [3.8, 4) is 0 Å². The second kappa shape index (κ2) is 8.28. The quantitative estimate of drug-likeness (QED) is 0.658. The van der Waals surface area contributed by atoms with Crippen molar-refractivity contribution in [3.63, 3.8) is 0 Å². The fraction of sp³-hybridized carbons (Fsp3) is 0.391. The summed E-state index contributed by atoms with van der Waals surface area (Å²) in [7, 11) is 0. The lowest BCUT2D eigenvalue weighted by Gasteiger charge is -2.35. The molecule has 0 amide bonds. The minimum absolute atomic E-state index is 0.128. The minimum Gasteiger partial charge on any atom is -0.463 e. The monoisotopic (exact) mass is 427 g/mol. The summed E-state index contributed by atoms with van der Waals surface area (Å²) in [5, 5.41) is 5.46. The fourth-order valence-electron chi connectivity index (χ4n) is 4.27. The molecule has 1 N–H and O–H groups in total. The number of esters is 1. The van der Waals surface area contributed by atoms with Gasteiger partial charge in [0.1, 0.15) is 0 Å². The van der Waals surface area contributed by atoms with E-state index in [0.29, 0.717) is 18.6 Å². The van der Waals surface area contributed by atoms with Gasteiger partial charge in [-0.05, 0) is 50.3 Å². The SMILES string of the molecule is CCOC(=O)C1=C(C)NC2=C(C(=O)C[C@@H](c3cccs3)C2)[C@@H]1c1ccc(CC)s1. The van der Waals surface area contributed by atoms with E-state index >= 15 is 0 Å². The number of hydrogen-bond donors (Lipinski definition) is 1. The van der Waals surface area contributed by atoms with E-state index in [9.17, 15) is 9.59 Å². The Labute approximate surface area is 179 Å². The van der Waals surface area contributed by atoms with Gasteiger partial charge in [0.2, 0.25) is 0 Å². The summed E-state index contributed by atoms with van der Waals surface area (Å²) in [6, 6.07) is 8.30. The van der Waals surface area contributed by atoms with Crippen molar-refractivity contribution in [2.45, 2.75) is 51.9 Å². The second-order valence-electron chi connectivity index (χ2n) is 7.41. The molecule has 29 heavy (non-hydrogen) atoms. The van der Waals surface area contributed by atoms with Crippen molar-refractivity contribution in [2.75, 3.05) is 6.61 Å². The highest BCUT2D eigenvalue weighted by Gasteiger charge is 2.42. The number of hydrogen-bond acceptors (Lipinski definition) is 6. The van der Waals surface area contributed by atoms with Crippen LogP contribution in [-0.4, -0.2) is 18.4 Å². The number of carbonyl (C=O) groups is 2. The molecule has 4 nitrogen and oxygen atoms in total. The fourth-order valence-corrected chi connectivity index (χ4v) is 6.17. The molecule has 0 spiro atoms. The number of rotatable bonds is 5. The van der Waals surface area contributed by atoms with E-state index < -0.39 is 0 Å². The largest absolute Gasteiger partial charge is 0.463 e. The Morgan fingerprint density at radius 2 is 2.03 bits per heavy atom. The number of Topliss-reactive ketones (excluding diaryl/α,β-unsaturated/α-hetero) is 1. The lowest BCUT2D eigenvalue weighted by atomic mass is 9.74. The van der Waals surface area contributed by atoms with Gasteiger partial charge in [0.15, 0.2) is 5.78 Å². The topological polar surface area (TPSA) is 55.4 Å². The summed E-state index contributed by atoms with van der Waals surface area (Å²) in [5.74, 6) is -0.357. The molecule has 0 unspecified atom stereocenters. The molecule has 4 rings (SSSR count). The molecule has 2 aromatic rings. The number of thiophene rings is 2. The average molecular weight is 428 g/mol. The van der Waals surface area contributed by atoms with E-state index in [1.165, 1.54) is 9.75 Å². The van der Waals surface area contributed by atoms with Crippen molar-refractivity contribution in [2.24, 2.45) is 0 Å². The highest BCUT2D eigenvalue weighted by molar-refractivity contribution is 7.12. The van der Waals surface area contributed by atoms with E-state index in [1.807, 2.05) is 19.9 Å². The van der Waals surface area contributed by atoms with E-state index in [2.05, 4.69) is 35.8 Å². The van der Waals surface area contributed by atoms with Crippen LogP contribution in [0.2, 0.25) is 0 Å². The molecule has 0 aromatic carbocycles. The highest BCUT2D eigenvalue weighted by Crippen LogP contribution is 2.47. The third-order valence-corrected chi connectivity index (χ3v) is 7.91. The number of dihydropyridines is 1. The third-order valence-electron chi connectivity index (χ3n) is 5.58. The molecule has 0 fully saturated rings. The highest BCUT2D eigenvalue weighted by atomic mass is 32.1. The van der Waals surface area contributed by atoms with Gasteiger partial charge in [-0.2, -0.15) is 0 Å². The number of aryl methyl sites for hydroxylation is 1. The lowest BCUT2D eigenvalue weighted by molar-refractivity contribution is -0.138. The summed E-state index contributed by atoms with van der Waals surface area (Å²) in [5.41, 5.74) is 3.06. The first-order valence-electron chi connectivity index (χ1n) is 10.1. The van der Waals surface area contributed by atoms with Crippen LogP contribution in [0.3, 0.4) is 0 Å². The maximum atomic E-state index is 13.4. The summed E-state index contributed by atoms with van der Waals surface area (Å²) >= 11 is 3.38. The molecule has 0 saturated carbocycles. The molecule has 0 radical (unpaired) electrons. The number of nitrogens with one attached hydrogen (secondary N) is 1. The predicted molar refractivity (Wildman–Crippen MR) is 117 cm³/mol. The van der Waals surface area contributed by atoms with Crippen LogP contribution in [0.15, 0.2) is 52.2 Å². The van der Waals surface area contributed by atoms with E-state index in [1.54, 1.807) is 22.7 Å². The minimum atomic E-state index is -0.340. The Morgan fingerprint density at radius 1 is 1.21 bits per heavy atom. The Hall–Kier alpha value is -2.18. The third kappa shape index (κ3) is 3.71. The molecule has 0 bridgehead atoms. The summed E-state index contributed by atoms with van der Waals surface area (Å²) in [6.45, 7) is 6.15. The van der Waals surface area contributed by atoms with Crippen molar-refractivity contribution < 1.29 is 14.3 Å². The smallest absolute Gasteiger partial charge is 0.336 e. The molecular formula is C23H25NO3S2. The molecule has 3 heterocycles. The number of carbonyl (C=O) groups excluding carboxylic acids is 2. The van der Waals surface area contributed by atoms with Gasteiger partial charge in [0.05, 0.1) is 18.1 Å². The summed E-state index contributed by atoms with van der Waals surface area (Å²) in [6.07, 6.45) is 2.21. The molecule has 152 valence electrons. The predicted octanol–water partition coefficient (Wildman–Crippen LogP) is 5.30. The molecular weight excluding hydrogens is 402 g/mol. The van der Waals surface area contributed by atoms with Crippen LogP contribution in [0.25, 0.3) is 0 Å². The summed E-state index contributed by atoms with van der Waals surface area (Å²) in [4.78, 5) is 29.8. The van der Waals surface area contributed by atoms with Crippen LogP contribution in [0, 0.1) is 0 Å². The summed E-state index contributed by atoms with van der Waals surface area (Å²) < 4.78 is 5.37. The first-order valence-corrected chi connectivity index (χ1v) is 11.8. The van der Waals surface area contributed by atoms with Crippen LogP contribution < -0.4 is 5.32 Å². The van der Waals surface area contributed by atoms with Crippen LogP contribution in [0.5, 0.6) is 0 Å². The molecule has 2 aliphatic rings. The van der Waals surface area contributed by atoms with Gasteiger partial charge in [-0.25, -0.2) is 4.79 Å². The van der Waals surface area contributed by atoms with Crippen LogP contribution in [-0.2, 0) is 20.7 Å².